The van der Waals surface area contributed by atoms with Crippen LogP contribution in [0.15, 0.2) is 52.8 Å². The van der Waals surface area contributed by atoms with Crippen LogP contribution in [-0.4, -0.2) is 56.1 Å². The number of unbranched alkanes of at least 4 members (excludes halogenated alkanes) is 1. The Hall–Kier alpha value is -2.90. The highest BCUT2D eigenvalue weighted by molar-refractivity contribution is 7.17. The summed E-state index contributed by atoms with van der Waals surface area (Å²) in [7, 11) is 0. The van der Waals surface area contributed by atoms with Gasteiger partial charge in [-0.2, -0.15) is 0 Å². The molecule has 1 aromatic heterocycles. The molecule has 0 N–H and O–H groups in total. The minimum Gasteiger partial charge on any atom is -0.494 e. The highest BCUT2D eigenvalue weighted by Gasteiger charge is 2.25. The topological polar surface area (TPSA) is 54.4 Å². The van der Waals surface area contributed by atoms with Crippen LogP contribution in [0.2, 0.25) is 0 Å². The lowest BCUT2D eigenvalue weighted by Crippen LogP contribution is -2.46. The van der Waals surface area contributed by atoms with Crippen LogP contribution in [0.5, 0.6) is 5.75 Å². The molecule has 3 heterocycles. The van der Waals surface area contributed by atoms with E-state index in [1.54, 1.807) is 0 Å². The van der Waals surface area contributed by atoms with Crippen LogP contribution in [0.25, 0.3) is 10.1 Å². The van der Waals surface area contributed by atoms with Gasteiger partial charge in [-0.15, -0.1) is 11.3 Å². The van der Waals surface area contributed by atoms with E-state index in [0.717, 1.165) is 89.1 Å². The SMILES string of the molecule is O=C(OC1=Nc2cc(OCCCCN3CCN(c4cccc5sccc45)CC3)ccc2CC1)C1CCCCC1. The van der Waals surface area contributed by atoms with E-state index in [1.165, 1.54) is 27.8 Å². The Balaban J connectivity index is 0.925. The molecule has 6 rings (SSSR count). The number of fused-ring (bicyclic) bond motifs is 2. The van der Waals surface area contributed by atoms with E-state index in [1.807, 2.05) is 23.5 Å². The molecule has 206 valence electrons. The summed E-state index contributed by atoms with van der Waals surface area (Å²) in [5.74, 6) is 1.35. The molecule has 0 amide bonds. The maximum Gasteiger partial charge on any atom is 0.315 e. The van der Waals surface area contributed by atoms with Crippen molar-refractivity contribution >= 4 is 44.7 Å². The summed E-state index contributed by atoms with van der Waals surface area (Å²) in [6.45, 7) is 6.20. The molecule has 7 heteroatoms. The van der Waals surface area contributed by atoms with Crippen LogP contribution in [0.4, 0.5) is 11.4 Å². The number of piperazine rings is 1. The molecule has 0 bridgehead atoms. The lowest BCUT2D eigenvalue weighted by Gasteiger charge is -2.36. The number of ether oxygens (including phenoxy) is 2. The summed E-state index contributed by atoms with van der Waals surface area (Å²) in [5, 5.41) is 3.58. The van der Waals surface area contributed by atoms with Crippen molar-refractivity contribution in [3.8, 4) is 5.75 Å². The number of benzene rings is 2. The first-order valence-electron chi connectivity index (χ1n) is 14.7. The van der Waals surface area contributed by atoms with Crippen molar-refractivity contribution in [3.05, 3.63) is 53.4 Å². The number of aryl methyl sites for hydroxylation is 1. The van der Waals surface area contributed by atoms with Gasteiger partial charge >= 0.3 is 5.97 Å². The number of hydrogen-bond acceptors (Lipinski definition) is 7. The Bertz CT molecular complexity index is 1300. The summed E-state index contributed by atoms with van der Waals surface area (Å²) in [6.07, 6.45) is 9.06. The largest absolute Gasteiger partial charge is 0.494 e. The van der Waals surface area contributed by atoms with Crippen LogP contribution < -0.4 is 9.64 Å². The maximum absolute atomic E-state index is 12.5. The van der Waals surface area contributed by atoms with Gasteiger partial charge in [-0.25, -0.2) is 4.99 Å². The molecule has 0 radical (unpaired) electrons. The van der Waals surface area contributed by atoms with Gasteiger partial charge in [-0.3, -0.25) is 9.69 Å². The smallest absolute Gasteiger partial charge is 0.315 e. The van der Waals surface area contributed by atoms with Crippen molar-refractivity contribution in [3.63, 3.8) is 0 Å². The first kappa shape index (κ1) is 26.3. The number of carbonyl (C=O) groups excluding carboxylic acids is 1. The van der Waals surface area contributed by atoms with Gasteiger partial charge in [0, 0.05) is 54.4 Å². The molecule has 3 aromatic rings. The third kappa shape index (κ3) is 6.47. The molecule has 1 aliphatic carbocycles. The fraction of sp³-hybridized carbons (Fsp3) is 0.500. The Kier molecular flexibility index (Phi) is 8.45. The van der Waals surface area contributed by atoms with E-state index in [9.17, 15) is 4.79 Å². The molecule has 2 aliphatic heterocycles. The first-order chi connectivity index (χ1) is 19.2. The lowest BCUT2D eigenvalue weighted by molar-refractivity contribution is -0.141. The van der Waals surface area contributed by atoms with Gasteiger partial charge < -0.3 is 14.4 Å². The zero-order valence-electron chi connectivity index (χ0n) is 22.8. The highest BCUT2D eigenvalue weighted by atomic mass is 32.1. The number of carbonyl (C=O) groups is 1. The van der Waals surface area contributed by atoms with Crippen LogP contribution in [0.3, 0.4) is 0 Å². The second kappa shape index (κ2) is 12.5. The zero-order valence-corrected chi connectivity index (χ0v) is 23.6. The van der Waals surface area contributed by atoms with E-state index in [4.69, 9.17) is 9.47 Å². The Labute approximate surface area is 235 Å². The van der Waals surface area contributed by atoms with Crippen molar-refractivity contribution in [2.75, 3.05) is 44.2 Å². The number of anilines is 1. The number of rotatable bonds is 8. The minimum atomic E-state index is -0.0921. The third-order valence-electron chi connectivity index (χ3n) is 8.39. The normalized spacial score (nSPS) is 18.6. The van der Waals surface area contributed by atoms with Crippen LogP contribution in [0.1, 0.15) is 56.9 Å². The predicted octanol–water partition coefficient (Wildman–Crippen LogP) is 6.98. The first-order valence-corrected chi connectivity index (χ1v) is 15.6. The second-order valence-electron chi connectivity index (χ2n) is 11.0. The monoisotopic (exact) mass is 545 g/mol. The Morgan fingerprint density at radius 1 is 0.974 bits per heavy atom. The second-order valence-corrected chi connectivity index (χ2v) is 12.0. The van der Waals surface area contributed by atoms with Crippen LogP contribution in [-0.2, 0) is 16.0 Å². The molecule has 39 heavy (non-hydrogen) atoms. The quantitative estimate of drug-likeness (QED) is 0.226. The molecular weight excluding hydrogens is 506 g/mol. The number of esters is 1. The highest BCUT2D eigenvalue weighted by Crippen LogP contribution is 2.32. The third-order valence-corrected chi connectivity index (χ3v) is 9.27. The molecule has 2 aromatic carbocycles. The van der Waals surface area contributed by atoms with Crippen molar-refractivity contribution < 1.29 is 14.3 Å². The van der Waals surface area contributed by atoms with Crippen molar-refractivity contribution in [1.82, 2.24) is 4.90 Å². The van der Waals surface area contributed by atoms with Gasteiger partial charge in [0.05, 0.1) is 18.2 Å². The molecule has 1 saturated carbocycles. The van der Waals surface area contributed by atoms with E-state index in [-0.39, 0.29) is 11.9 Å². The van der Waals surface area contributed by atoms with Crippen molar-refractivity contribution in [1.29, 1.82) is 0 Å². The maximum atomic E-state index is 12.5. The van der Waals surface area contributed by atoms with Gasteiger partial charge in [-0.1, -0.05) is 31.4 Å². The van der Waals surface area contributed by atoms with E-state index in [0.29, 0.717) is 18.9 Å². The molecule has 0 unspecified atom stereocenters. The average molecular weight is 546 g/mol. The fourth-order valence-electron chi connectivity index (χ4n) is 6.09. The summed E-state index contributed by atoms with van der Waals surface area (Å²) < 4.78 is 13.2. The van der Waals surface area contributed by atoms with Crippen molar-refractivity contribution in [2.24, 2.45) is 10.9 Å². The lowest BCUT2D eigenvalue weighted by atomic mass is 9.89. The number of thiophene rings is 1. The molecule has 3 aliphatic rings. The van der Waals surface area contributed by atoms with Crippen LogP contribution >= 0.6 is 11.3 Å². The summed E-state index contributed by atoms with van der Waals surface area (Å²) >= 11 is 1.82. The molecule has 2 fully saturated rings. The van der Waals surface area contributed by atoms with Gasteiger partial charge in [0.1, 0.15) is 5.75 Å². The number of aliphatic imine (C=N–C) groups is 1. The van der Waals surface area contributed by atoms with E-state index in [2.05, 4.69) is 50.5 Å². The summed E-state index contributed by atoms with van der Waals surface area (Å²) in [6, 6.07) is 15.1. The van der Waals surface area contributed by atoms with E-state index >= 15 is 0 Å². The number of nitrogens with zero attached hydrogens (tertiary/aromatic N) is 3. The van der Waals surface area contributed by atoms with Gasteiger partial charge in [0.2, 0.25) is 0 Å². The summed E-state index contributed by atoms with van der Waals surface area (Å²) in [4.78, 5) is 22.3. The standard InChI is InChI=1S/C32H39N3O3S/c36-32(25-7-2-1-3-8-25)38-31-14-12-24-11-13-26(23-28(24)33-31)37-21-5-4-16-34-17-19-35(20-18-34)29-9-6-10-30-27(29)15-22-39-30/h6,9-11,13,15,22-23,25H,1-5,7-8,12,14,16-21H2. The molecule has 6 nitrogen and oxygen atoms in total. The molecule has 0 spiro atoms. The fourth-order valence-corrected chi connectivity index (χ4v) is 6.89. The average Bonchev–Trinajstić information content (AvgIpc) is 3.47. The van der Waals surface area contributed by atoms with Gasteiger partial charge in [0.25, 0.3) is 0 Å². The van der Waals surface area contributed by atoms with Gasteiger partial charge in [0.15, 0.2) is 5.90 Å². The van der Waals surface area contributed by atoms with Gasteiger partial charge in [-0.05, 0) is 73.9 Å². The molecule has 0 atom stereocenters. The zero-order chi connectivity index (χ0) is 26.4. The van der Waals surface area contributed by atoms with Crippen molar-refractivity contribution in [2.45, 2.75) is 57.8 Å². The van der Waals surface area contributed by atoms with Crippen LogP contribution in [0, 0.1) is 5.92 Å². The molecular formula is C32H39N3O3S. The Morgan fingerprint density at radius 3 is 2.72 bits per heavy atom. The predicted molar refractivity (Wildman–Crippen MR) is 160 cm³/mol. The molecule has 1 saturated heterocycles. The number of hydrogen-bond donors (Lipinski definition) is 0. The summed E-state index contributed by atoms with van der Waals surface area (Å²) in [5.41, 5.74) is 3.45. The minimum absolute atomic E-state index is 0.0440. The van der Waals surface area contributed by atoms with E-state index < -0.39 is 0 Å². The Morgan fingerprint density at radius 2 is 1.85 bits per heavy atom.